The van der Waals surface area contributed by atoms with E-state index in [9.17, 15) is 9.90 Å². The average Bonchev–Trinajstić information content (AvgIpc) is 3.38. The number of hydrogen-bond acceptors (Lipinski definition) is 7. The molecule has 1 aliphatic carbocycles. The lowest BCUT2D eigenvalue weighted by molar-refractivity contribution is 0.0735. The standard InChI is InChI=1S/C19H24N6O2/c1-2-18(12-26)5-6-25(11-18)16(27)14-7-22-17(23-8-14)24-19(3-4-19)15-9-20-13-21-10-15/h7-10,13,26H,2-6,11-12H2,1H3,(H,22,23,24). The summed E-state index contributed by atoms with van der Waals surface area (Å²) in [4.78, 5) is 31.3. The van der Waals surface area contributed by atoms with Gasteiger partial charge in [-0.15, -0.1) is 0 Å². The van der Waals surface area contributed by atoms with Gasteiger partial charge in [0, 0.05) is 48.9 Å². The van der Waals surface area contributed by atoms with Gasteiger partial charge in [-0.2, -0.15) is 0 Å². The predicted octanol–water partition coefficient (Wildman–Crippen LogP) is 1.60. The maximum atomic E-state index is 12.7. The molecule has 1 aliphatic heterocycles. The second-order valence-electron chi connectivity index (χ2n) is 7.62. The van der Waals surface area contributed by atoms with E-state index >= 15 is 0 Å². The molecule has 0 spiro atoms. The zero-order valence-corrected chi connectivity index (χ0v) is 15.4. The van der Waals surface area contributed by atoms with Crippen LogP contribution in [0.4, 0.5) is 5.95 Å². The number of aliphatic hydroxyl groups excluding tert-OH is 1. The molecular weight excluding hydrogens is 344 g/mol. The molecular formula is C19H24N6O2. The first kappa shape index (κ1) is 17.8. The van der Waals surface area contributed by atoms with E-state index in [0.717, 1.165) is 31.2 Å². The van der Waals surface area contributed by atoms with Crippen LogP contribution in [-0.2, 0) is 5.54 Å². The van der Waals surface area contributed by atoms with Gasteiger partial charge in [-0.1, -0.05) is 6.92 Å². The van der Waals surface area contributed by atoms with Crippen molar-refractivity contribution in [2.75, 3.05) is 25.0 Å². The van der Waals surface area contributed by atoms with E-state index in [4.69, 9.17) is 0 Å². The highest BCUT2D eigenvalue weighted by Crippen LogP contribution is 2.47. The summed E-state index contributed by atoms with van der Waals surface area (Å²) in [5, 5.41) is 13.0. The Morgan fingerprint density at radius 2 is 1.89 bits per heavy atom. The van der Waals surface area contributed by atoms with Gasteiger partial charge in [-0.3, -0.25) is 4.79 Å². The van der Waals surface area contributed by atoms with Gasteiger partial charge in [0.25, 0.3) is 5.91 Å². The summed E-state index contributed by atoms with van der Waals surface area (Å²) in [6, 6.07) is 0. The smallest absolute Gasteiger partial charge is 0.257 e. The topological polar surface area (TPSA) is 104 Å². The third-order valence-electron chi connectivity index (χ3n) is 5.92. The number of aliphatic hydroxyl groups is 1. The van der Waals surface area contributed by atoms with Crippen molar-refractivity contribution in [1.82, 2.24) is 24.8 Å². The lowest BCUT2D eigenvalue weighted by Crippen LogP contribution is -2.33. The maximum Gasteiger partial charge on any atom is 0.257 e. The van der Waals surface area contributed by atoms with Crippen LogP contribution in [0.1, 0.15) is 48.5 Å². The van der Waals surface area contributed by atoms with Crippen molar-refractivity contribution < 1.29 is 9.90 Å². The molecule has 8 heteroatoms. The van der Waals surface area contributed by atoms with Crippen molar-refractivity contribution in [3.63, 3.8) is 0 Å². The number of carbonyl (C=O) groups is 1. The molecule has 2 aliphatic rings. The molecule has 2 aromatic heterocycles. The van der Waals surface area contributed by atoms with Gasteiger partial charge in [-0.05, 0) is 25.7 Å². The van der Waals surface area contributed by atoms with E-state index < -0.39 is 0 Å². The predicted molar refractivity (Wildman–Crippen MR) is 98.9 cm³/mol. The lowest BCUT2D eigenvalue weighted by atomic mass is 9.85. The van der Waals surface area contributed by atoms with Crippen LogP contribution in [0.3, 0.4) is 0 Å². The molecule has 8 nitrogen and oxygen atoms in total. The fraction of sp³-hybridized carbons (Fsp3) is 0.526. The van der Waals surface area contributed by atoms with Crippen molar-refractivity contribution in [2.45, 2.75) is 38.1 Å². The van der Waals surface area contributed by atoms with E-state index in [1.54, 1.807) is 29.7 Å². The summed E-state index contributed by atoms with van der Waals surface area (Å²) in [5.74, 6) is 0.413. The Hall–Kier alpha value is -2.61. The minimum atomic E-state index is -0.205. The third-order valence-corrected chi connectivity index (χ3v) is 5.92. The van der Waals surface area contributed by atoms with Crippen molar-refractivity contribution in [3.05, 3.63) is 42.2 Å². The molecule has 0 bridgehead atoms. The average molecular weight is 368 g/mol. The first-order valence-electron chi connectivity index (χ1n) is 9.36. The number of aromatic nitrogens is 4. The highest BCUT2D eigenvalue weighted by Gasteiger charge is 2.45. The number of anilines is 1. The second kappa shape index (κ2) is 6.84. The second-order valence-corrected chi connectivity index (χ2v) is 7.62. The Balaban J connectivity index is 1.43. The number of likely N-dealkylation sites (tertiary alicyclic amines) is 1. The fourth-order valence-corrected chi connectivity index (χ4v) is 3.69. The monoisotopic (exact) mass is 368 g/mol. The Morgan fingerprint density at radius 1 is 1.19 bits per heavy atom. The first-order chi connectivity index (χ1) is 13.1. The molecule has 4 rings (SSSR count). The number of nitrogens with one attached hydrogen (secondary N) is 1. The van der Waals surface area contributed by atoms with E-state index in [1.165, 1.54) is 6.33 Å². The van der Waals surface area contributed by atoms with Crippen molar-refractivity contribution >= 4 is 11.9 Å². The van der Waals surface area contributed by atoms with Gasteiger partial charge in [0.05, 0.1) is 17.7 Å². The van der Waals surface area contributed by atoms with Crippen LogP contribution < -0.4 is 5.32 Å². The summed E-state index contributed by atoms with van der Waals surface area (Å²) in [6.07, 6.45) is 11.9. The van der Waals surface area contributed by atoms with E-state index in [2.05, 4.69) is 32.2 Å². The summed E-state index contributed by atoms with van der Waals surface area (Å²) >= 11 is 0. The largest absolute Gasteiger partial charge is 0.396 e. The van der Waals surface area contributed by atoms with Crippen molar-refractivity contribution in [3.8, 4) is 0 Å². The van der Waals surface area contributed by atoms with Gasteiger partial charge in [0.2, 0.25) is 5.95 Å². The Morgan fingerprint density at radius 3 is 2.44 bits per heavy atom. The Labute approximate surface area is 158 Å². The molecule has 1 saturated heterocycles. The Bertz CT molecular complexity index is 803. The molecule has 1 saturated carbocycles. The maximum absolute atomic E-state index is 12.7. The highest BCUT2D eigenvalue weighted by molar-refractivity contribution is 5.94. The van der Waals surface area contributed by atoms with E-state index in [-0.39, 0.29) is 23.5 Å². The number of rotatable bonds is 6. The summed E-state index contributed by atoms with van der Waals surface area (Å²) in [5.41, 5.74) is 1.11. The summed E-state index contributed by atoms with van der Waals surface area (Å²) < 4.78 is 0. The van der Waals surface area contributed by atoms with Crippen molar-refractivity contribution in [1.29, 1.82) is 0 Å². The van der Waals surface area contributed by atoms with Gasteiger partial charge >= 0.3 is 0 Å². The zero-order valence-electron chi connectivity index (χ0n) is 15.4. The van der Waals surface area contributed by atoms with Gasteiger partial charge < -0.3 is 15.3 Å². The van der Waals surface area contributed by atoms with Crippen LogP contribution in [0, 0.1) is 5.41 Å². The van der Waals surface area contributed by atoms with Crippen LogP contribution in [-0.4, -0.2) is 55.5 Å². The van der Waals surface area contributed by atoms with Crippen LogP contribution in [0.15, 0.2) is 31.1 Å². The molecule has 0 radical (unpaired) electrons. The molecule has 27 heavy (non-hydrogen) atoms. The molecule has 0 aromatic carbocycles. The number of carbonyl (C=O) groups excluding carboxylic acids is 1. The molecule has 1 amide bonds. The van der Waals surface area contributed by atoms with Gasteiger partial charge in [0.15, 0.2) is 0 Å². The number of amides is 1. The lowest BCUT2D eigenvalue weighted by Gasteiger charge is -2.25. The zero-order chi connectivity index (χ0) is 18.9. The minimum Gasteiger partial charge on any atom is -0.396 e. The van der Waals surface area contributed by atoms with Crippen LogP contribution in [0.25, 0.3) is 0 Å². The quantitative estimate of drug-likeness (QED) is 0.798. The Kier molecular flexibility index (Phi) is 4.51. The SMILES string of the molecule is CCC1(CO)CCN(C(=O)c2cnc(NC3(c4cncnc4)CC3)nc2)C1. The minimum absolute atomic E-state index is 0.0806. The fourth-order valence-electron chi connectivity index (χ4n) is 3.69. The normalized spacial score (nSPS) is 23.3. The van der Waals surface area contributed by atoms with Crippen LogP contribution >= 0.6 is 0 Å². The summed E-state index contributed by atoms with van der Waals surface area (Å²) in [6.45, 7) is 3.40. The molecule has 2 fully saturated rings. The number of nitrogens with zero attached hydrogens (tertiary/aromatic N) is 5. The third kappa shape index (κ3) is 3.37. The molecule has 2 N–H and O–H groups in total. The van der Waals surface area contributed by atoms with Crippen molar-refractivity contribution in [2.24, 2.45) is 5.41 Å². The van der Waals surface area contributed by atoms with Crippen LogP contribution in [0.5, 0.6) is 0 Å². The highest BCUT2D eigenvalue weighted by atomic mass is 16.3. The molecule has 1 atom stereocenters. The molecule has 142 valence electrons. The molecule has 2 aromatic rings. The van der Waals surface area contributed by atoms with E-state index in [0.29, 0.717) is 24.6 Å². The van der Waals surface area contributed by atoms with Crippen LogP contribution in [0.2, 0.25) is 0 Å². The summed E-state index contributed by atoms with van der Waals surface area (Å²) in [7, 11) is 0. The first-order valence-corrected chi connectivity index (χ1v) is 9.36. The molecule has 1 unspecified atom stereocenters. The van der Waals surface area contributed by atoms with E-state index in [1.807, 2.05) is 0 Å². The van der Waals surface area contributed by atoms with Gasteiger partial charge in [-0.25, -0.2) is 19.9 Å². The van der Waals surface area contributed by atoms with Gasteiger partial charge in [0.1, 0.15) is 6.33 Å². The number of hydrogen-bond donors (Lipinski definition) is 2. The molecule has 3 heterocycles.